The van der Waals surface area contributed by atoms with Crippen LogP contribution in [0.5, 0.6) is 11.5 Å². The summed E-state index contributed by atoms with van der Waals surface area (Å²) in [4.78, 5) is 24.5. The molecular weight excluding hydrogens is 332 g/mol. The fraction of sp³-hybridized carbons (Fsp3) is 0.200. The molecule has 0 unspecified atom stereocenters. The summed E-state index contributed by atoms with van der Waals surface area (Å²) in [6.45, 7) is 3.71. The molecule has 0 radical (unpaired) electrons. The summed E-state index contributed by atoms with van der Waals surface area (Å²) >= 11 is 0. The van der Waals surface area contributed by atoms with Gasteiger partial charge in [-0.05, 0) is 24.1 Å². The van der Waals surface area contributed by atoms with E-state index in [0.29, 0.717) is 29.0 Å². The molecule has 3 N–H and O–H groups in total. The minimum atomic E-state index is -0.931. The molecule has 136 valence electrons. The zero-order valence-corrected chi connectivity index (χ0v) is 14.8. The number of benzene rings is 2. The summed E-state index contributed by atoms with van der Waals surface area (Å²) < 4.78 is 10.7. The summed E-state index contributed by atoms with van der Waals surface area (Å²) in [7, 11) is 3.02. The number of carbonyl (C=O) groups excluding carboxylic acids is 2. The SMILES string of the molecule is C=CCc1cc(C(=O)N[C@@H](C(N)=O)c2ccccc2)cc(OC)c1OC. The van der Waals surface area contributed by atoms with Crippen LogP contribution >= 0.6 is 0 Å². The molecule has 0 aliphatic rings. The molecule has 6 heteroatoms. The van der Waals surface area contributed by atoms with E-state index in [1.165, 1.54) is 14.2 Å². The first-order valence-corrected chi connectivity index (χ1v) is 8.02. The molecule has 1 atom stereocenters. The summed E-state index contributed by atoms with van der Waals surface area (Å²) in [5.74, 6) is -0.119. The van der Waals surface area contributed by atoms with E-state index in [1.54, 1.807) is 42.5 Å². The van der Waals surface area contributed by atoms with Crippen LogP contribution in [0.2, 0.25) is 0 Å². The predicted molar refractivity (Wildman–Crippen MR) is 99.3 cm³/mol. The first-order valence-electron chi connectivity index (χ1n) is 8.02. The van der Waals surface area contributed by atoms with Crippen molar-refractivity contribution in [3.63, 3.8) is 0 Å². The molecule has 2 aromatic rings. The van der Waals surface area contributed by atoms with Crippen LogP contribution < -0.4 is 20.5 Å². The monoisotopic (exact) mass is 354 g/mol. The van der Waals surface area contributed by atoms with Crippen LogP contribution in [0.15, 0.2) is 55.1 Å². The summed E-state index contributed by atoms with van der Waals surface area (Å²) in [5, 5.41) is 2.67. The lowest BCUT2D eigenvalue weighted by Crippen LogP contribution is -2.37. The van der Waals surface area contributed by atoms with Crippen molar-refractivity contribution >= 4 is 11.8 Å². The van der Waals surface area contributed by atoms with Gasteiger partial charge in [-0.25, -0.2) is 0 Å². The van der Waals surface area contributed by atoms with Crippen molar-refractivity contribution in [2.24, 2.45) is 5.73 Å². The maximum atomic E-state index is 12.7. The summed E-state index contributed by atoms with van der Waals surface area (Å²) in [6.07, 6.45) is 2.20. The highest BCUT2D eigenvalue weighted by molar-refractivity contribution is 5.98. The quantitative estimate of drug-likeness (QED) is 0.712. The summed E-state index contributed by atoms with van der Waals surface area (Å²) in [5.41, 5.74) is 7.16. The Balaban J connectivity index is 2.37. The van der Waals surface area contributed by atoms with Crippen LogP contribution in [-0.2, 0) is 11.2 Å². The van der Waals surface area contributed by atoms with E-state index < -0.39 is 17.9 Å². The van der Waals surface area contributed by atoms with Gasteiger partial charge >= 0.3 is 0 Å². The van der Waals surface area contributed by atoms with Crippen LogP contribution in [0.1, 0.15) is 27.5 Å². The molecule has 0 spiro atoms. The lowest BCUT2D eigenvalue weighted by molar-refractivity contribution is -0.120. The van der Waals surface area contributed by atoms with Crippen LogP contribution in [0.25, 0.3) is 0 Å². The molecular formula is C20H22N2O4. The van der Waals surface area contributed by atoms with Crippen LogP contribution in [0.3, 0.4) is 0 Å². The standard InChI is InChI=1S/C20H22N2O4/c1-4-8-14-11-15(12-16(25-2)18(14)26-3)20(24)22-17(19(21)23)13-9-6-5-7-10-13/h4-7,9-12,17H,1,8H2,2-3H3,(H2,21,23)(H,22,24)/t17-/m1/s1. The number of ether oxygens (including phenoxy) is 2. The van der Waals surface area contributed by atoms with Crippen molar-refractivity contribution < 1.29 is 19.1 Å². The van der Waals surface area contributed by atoms with Gasteiger partial charge < -0.3 is 20.5 Å². The van der Waals surface area contributed by atoms with Crippen molar-refractivity contribution in [1.29, 1.82) is 0 Å². The molecule has 0 fully saturated rings. The Morgan fingerprint density at radius 1 is 1.19 bits per heavy atom. The van der Waals surface area contributed by atoms with E-state index >= 15 is 0 Å². The van der Waals surface area contributed by atoms with Crippen molar-refractivity contribution in [2.75, 3.05) is 14.2 Å². The molecule has 0 aliphatic heterocycles. The molecule has 2 amide bonds. The Kier molecular flexibility index (Phi) is 6.38. The van der Waals surface area contributed by atoms with Gasteiger partial charge in [0, 0.05) is 11.1 Å². The Bertz CT molecular complexity index is 803. The number of carbonyl (C=O) groups is 2. The van der Waals surface area contributed by atoms with Crippen LogP contribution in [-0.4, -0.2) is 26.0 Å². The second kappa shape index (κ2) is 8.71. The van der Waals surface area contributed by atoms with Gasteiger partial charge in [-0.2, -0.15) is 0 Å². The van der Waals surface area contributed by atoms with Crippen molar-refractivity contribution in [2.45, 2.75) is 12.5 Å². The predicted octanol–water partition coefficient (Wildman–Crippen LogP) is 2.39. The number of rotatable bonds is 8. The van der Waals surface area contributed by atoms with Gasteiger partial charge in [0.2, 0.25) is 5.91 Å². The molecule has 0 bridgehead atoms. The number of hydrogen-bond donors (Lipinski definition) is 2. The Labute approximate surface area is 152 Å². The fourth-order valence-corrected chi connectivity index (χ4v) is 2.66. The van der Waals surface area contributed by atoms with Crippen LogP contribution in [0.4, 0.5) is 0 Å². The molecule has 0 aliphatic carbocycles. The van der Waals surface area contributed by atoms with Gasteiger partial charge in [-0.1, -0.05) is 36.4 Å². The molecule has 0 saturated carbocycles. The number of hydrogen-bond acceptors (Lipinski definition) is 4. The zero-order chi connectivity index (χ0) is 19.1. The van der Waals surface area contributed by atoms with Gasteiger partial charge in [-0.3, -0.25) is 9.59 Å². The fourth-order valence-electron chi connectivity index (χ4n) is 2.66. The van der Waals surface area contributed by atoms with Gasteiger partial charge in [0.05, 0.1) is 14.2 Å². The highest BCUT2D eigenvalue weighted by Gasteiger charge is 2.22. The molecule has 6 nitrogen and oxygen atoms in total. The lowest BCUT2D eigenvalue weighted by Gasteiger charge is -2.18. The molecule has 0 aromatic heterocycles. The van der Waals surface area contributed by atoms with Crippen LogP contribution in [0, 0.1) is 0 Å². The Morgan fingerprint density at radius 2 is 1.88 bits per heavy atom. The largest absolute Gasteiger partial charge is 0.493 e. The maximum absolute atomic E-state index is 12.7. The average molecular weight is 354 g/mol. The second-order valence-electron chi connectivity index (χ2n) is 5.58. The van der Waals surface area contributed by atoms with Crippen molar-refractivity contribution in [3.8, 4) is 11.5 Å². The van der Waals surface area contributed by atoms with E-state index in [4.69, 9.17) is 15.2 Å². The summed E-state index contributed by atoms with van der Waals surface area (Å²) in [6, 6.07) is 11.1. The molecule has 26 heavy (non-hydrogen) atoms. The first-order chi connectivity index (χ1) is 12.5. The van der Waals surface area contributed by atoms with E-state index in [9.17, 15) is 9.59 Å². The van der Waals surface area contributed by atoms with Gasteiger partial charge in [0.15, 0.2) is 11.5 Å². The van der Waals surface area contributed by atoms with Gasteiger partial charge in [0.1, 0.15) is 6.04 Å². The molecule has 2 aromatic carbocycles. The van der Waals surface area contributed by atoms with E-state index in [1.807, 2.05) is 6.07 Å². The normalized spacial score (nSPS) is 11.3. The number of methoxy groups -OCH3 is 2. The first kappa shape index (κ1) is 19.1. The van der Waals surface area contributed by atoms with Gasteiger partial charge in [-0.15, -0.1) is 6.58 Å². The minimum Gasteiger partial charge on any atom is -0.493 e. The topological polar surface area (TPSA) is 90.7 Å². The zero-order valence-electron chi connectivity index (χ0n) is 14.8. The number of nitrogens with one attached hydrogen (secondary N) is 1. The minimum absolute atomic E-state index is 0.335. The van der Waals surface area contributed by atoms with E-state index in [-0.39, 0.29) is 0 Å². The number of allylic oxidation sites excluding steroid dienone is 1. The number of amides is 2. The Hall–Kier alpha value is -3.28. The van der Waals surface area contributed by atoms with E-state index in [0.717, 1.165) is 5.56 Å². The van der Waals surface area contributed by atoms with E-state index in [2.05, 4.69) is 11.9 Å². The molecule has 0 heterocycles. The highest BCUT2D eigenvalue weighted by Crippen LogP contribution is 2.33. The highest BCUT2D eigenvalue weighted by atomic mass is 16.5. The lowest BCUT2D eigenvalue weighted by atomic mass is 10.0. The molecule has 2 rings (SSSR count). The average Bonchev–Trinajstić information content (AvgIpc) is 2.65. The van der Waals surface area contributed by atoms with Gasteiger partial charge in [0.25, 0.3) is 5.91 Å². The Morgan fingerprint density at radius 3 is 2.42 bits per heavy atom. The maximum Gasteiger partial charge on any atom is 0.252 e. The van der Waals surface area contributed by atoms with Crippen molar-refractivity contribution in [1.82, 2.24) is 5.32 Å². The second-order valence-corrected chi connectivity index (χ2v) is 5.58. The third-order valence-corrected chi connectivity index (χ3v) is 3.88. The molecule has 0 saturated heterocycles. The van der Waals surface area contributed by atoms with Crippen molar-refractivity contribution in [3.05, 3.63) is 71.8 Å². The number of nitrogens with two attached hydrogens (primary N) is 1. The third kappa shape index (κ3) is 4.22. The number of primary amides is 1. The smallest absolute Gasteiger partial charge is 0.252 e. The third-order valence-electron chi connectivity index (χ3n) is 3.88.